The van der Waals surface area contributed by atoms with Crippen LogP contribution in [0, 0.1) is 0 Å². The van der Waals surface area contributed by atoms with Crippen LogP contribution in [-0.4, -0.2) is 26.9 Å². The van der Waals surface area contributed by atoms with Crippen molar-refractivity contribution in [3.8, 4) is 17.1 Å². The molecule has 0 radical (unpaired) electrons. The number of aromatic nitrogens is 4. The van der Waals surface area contributed by atoms with Crippen molar-refractivity contribution in [3.05, 3.63) is 58.8 Å². The van der Waals surface area contributed by atoms with E-state index in [2.05, 4.69) is 20.6 Å². The van der Waals surface area contributed by atoms with E-state index in [-0.39, 0.29) is 0 Å². The van der Waals surface area contributed by atoms with Crippen LogP contribution in [0.5, 0.6) is 5.75 Å². The summed E-state index contributed by atoms with van der Waals surface area (Å²) in [5.74, 6) is 2.35. The average Bonchev–Trinajstić information content (AvgIpc) is 3.29. The Kier molecular flexibility index (Phi) is 3.84. The molecule has 6 nitrogen and oxygen atoms in total. The van der Waals surface area contributed by atoms with Gasteiger partial charge in [-0.15, -0.1) is 15.3 Å². The first-order valence-corrected chi connectivity index (χ1v) is 8.40. The molecule has 1 aromatic carbocycles. The van der Waals surface area contributed by atoms with Crippen LogP contribution in [-0.2, 0) is 6.54 Å². The number of thiophene rings is 1. The van der Waals surface area contributed by atoms with Crippen LogP contribution in [0.15, 0.2) is 53.2 Å². The van der Waals surface area contributed by atoms with Crippen LogP contribution in [0.4, 0.5) is 5.82 Å². The third-order valence-corrected chi connectivity index (χ3v) is 4.38. The summed E-state index contributed by atoms with van der Waals surface area (Å²) in [6.07, 6.45) is 0. The van der Waals surface area contributed by atoms with Crippen molar-refractivity contribution in [3.63, 3.8) is 0 Å². The number of fused-ring (bicyclic) bond motifs is 1. The van der Waals surface area contributed by atoms with Gasteiger partial charge in [-0.2, -0.15) is 15.9 Å². The third kappa shape index (κ3) is 2.69. The second-order valence-electron chi connectivity index (χ2n) is 5.19. The van der Waals surface area contributed by atoms with E-state index in [1.165, 1.54) is 0 Å². The highest BCUT2D eigenvalue weighted by atomic mass is 32.1. The monoisotopic (exact) mass is 337 g/mol. The number of methoxy groups -OCH3 is 1. The minimum Gasteiger partial charge on any atom is -0.496 e. The molecule has 3 heterocycles. The maximum atomic E-state index is 5.38. The summed E-state index contributed by atoms with van der Waals surface area (Å²) in [5.41, 5.74) is 2.81. The van der Waals surface area contributed by atoms with E-state index in [9.17, 15) is 0 Å². The van der Waals surface area contributed by atoms with E-state index in [0.717, 1.165) is 34.2 Å². The maximum absolute atomic E-state index is 5.38. The Hall–Kier alpha value is -2.93. The zero-order valence-corrected chi connectivity index (χ0v) is 13.8. The Morgan fingerprint density at radius 3 is 2.88 bits per heavy atom. The van der Waals surface area contributed by atoms with Crippen LogP contribution < -0.4 is 10.1 Å². The van der Waals surface area contributed by atoms with Crippen molar-refractivity contribution >= 4 is 22.8 Å². The quantitative estimate of drug-likeness (QED) is 0.604. The van der Waals surface area contributed by atoms with E-state index in [1.807, 2.05) is 53.2 Å². The molecule has 24 heavy (non-hydrogen) atoms. The summed E-state index contributed by atoms with van der Waals surface area (Å²) >= 11 is 1.62. The minimum absolute atomic E-state index is 0.623. The Morgan fingerprint density at radius 2 is 2.04 bits per heavy atom. The van der Waals surface area contributed by atoms with Gasteiger partial charge in [-0.25, -0.2) is 0 Å². The predicted octanol–water partition coefficient (Wildman–Crippen LogP) is 3.47. The Labute approximate surface area is 142 Å². The molecule has 0 amide bonds. The first kappa shape index (κ1) is 14.6. The lowest BCUT2D eigenvalue weighted by atomic mass is 10.2. The van der Waals surface area contributed by atoms with E-state index in [0.29, 0.717) is 6.54 Å². The lowest BCUT2D eigenvalue weighted by Gasteiger charge is -2.10. The van der Waals surface area contributed by atoms with Crippen LogP contribution in [0.25, 0.3) is 17.0 Å². The molecule has 0 unspecified atom stereocenters. The molecular weight excluding hydrogens is 322 g/mol. The Balaban J connectivity index is 1.62. The van der Waals surface area contributed by atoms with Gasteiger partial charge in [-0.3, -0.25) is 0 Å². The summed E-state index contributed by atoms with van der Waals surface area (Å²) in [5, 5.41) is 20.4. The van der Waals surface area contributed by atoms with Crippen molar-refractivity contribution in [2.45, 2.75) is 6.54 Å². The average molecular weight is 337 g/mol. The van der Waals surface area contributed by atoms with Gasteiger partial charge >= 0.3 is 0 Å². The molecule has 0 atom stereocenters. The highest BCUT2D eigenvalue weighted by Gasteiger charge is 2.10. The number of hydrogen-bond acceptors (Lipinski definition) is 6. The van der Waals surface area contributed by atoms with Crippen molar-refractivity contribution in [2.75, 3.05) is 12.4 Å². The van der Waals surface area contributed by atoms with Gasteiger partial charge in [0.25, 0.3) is 0 Å². The first-order chi connectivity index (χ1) is 11.8. The summed E-state index contributed by atoms with van der Waals surface area (Å²) in [6.45, 7) is 0.623. The zero-order valence-electron chi connectivity index (χ0n) is 13.0. The minimum atomic E-state index is 0.623. The van der Waals surface area contributed by atoms with Gasteiger partial charge in [0.1, 0.15) is 11.6 Å². The molecule has 4 aromatic rings. The molecule has 4 rings (SSSR count). The van der Waals surface area contributed by atoms with Crippen molar-refractivity contribution < 1.29 is 4.74 Å². The van der Waals surface area contributed by atoms with Crippen molar-refractivity contribution in [2.24, 2.45) is 0 Å². The number of hydrogen-bond donors (Lipinski definition) is 1. The number of nitrogens with zero attached hydrogens (tertiary/aromatic N) is 4. The molecule has 0 aliphatic rings. The number of ether oxygens (including phenoxy) is 1. The van der Waals surface area contributed by atoms with Crippen molar-refractivity contribution in [1.29, 1.82) is 0 Å². The largest absolute Gasteiger partial charge is 0.496 e. The van der Waals surface area contributed by atoms with E-state index in [1.54, 1.807) is 23.0 Å². The van der Waals surface area contributed by atoms with E-state index >= 15 is 0 Å². The molecule has 0 aliphatic heterocycles. The van der Waals surface area contributed by atoms with Crippen LogP contribution in [0.2, 0.25) is 0 Å². The van der Waals surface area contributed by atoms with Gasteiger partial charge < -0.3 is 10.1 Å². The second kappa shape index (κ2) is 6.29. The van der Waals surface area contributed by atoms with E-state index < -0.39 is 0 Å². The molecule has 3 aromatic heterocycles. The fourth-order valence-electron chi connectivity index (χ4n) is 2.49. The highest BCUT2D eigenvalue weighted by molar-refractivity contribution is 7.08. The number of nitrogens with one attached hydrogen (secondary N) is 1. The summed E-state index contributed by atoms with van der Waals surface area (Å²) < 4.78 is 7.13. The van der Waals surface area contributed by atoms with Crippen LogP contribution >= 0.6 is 11.3 Å². The SMILES string of the molecule is COc1ccccc1CNc1ccc2nnc(-c3ccsc3)n2n1. The number of benzene rings is 1. The number of anilines is 1. The molecule has 0 bridgehead atoms. The van der Waals surface area contributed by atoms with Crippen molar-refractivity contribution in [1.82, 2.24) is 19.8 Å². The smallest absolute Gasteiger partial charge is 0.186 e. The summed E-state index contributed by atoms with van der Waals surface area (Å²) in [4.78, 5) is 0. The molecule has 0 fully saturated rings. The zero-order chi connectivity index (χ0) is 16.4. The Bertz CT molecular complexity index is 964. The molecular formula is C17H15N5OS. The number of para-hydroxylation sites is 1. The van der Waals surface area contributed by atoms with Crippen LogP contribution in [0.1, 0.15) is 5.56 Å². The standard InChI is InChI=1S/C17H15N5OS/c1-23-14-5-3-2-4-12(14)10-18-15-6-7-16-19-20-17(22(16)21-15)13-8-9-24-11-13/h2-9,11H,10H2,1H3,(H,18,21). The number of rotatable bonds is 5. The normalized spacial score (nSPS) is 10.9. The van der Waals surface area contributed by atoms with Gasteiger partial charge in [-0.05, 0) is 29.6 Å². The molecule has 0 saturated heterocycles. The fourth-order valence-corrected chi connectivity index (χ4v) is 3.12. The highest BCUT2D eigenvalue weighted by Crippen LogP contribution is 2.22. The fraction of sp³-hybridized carbons (Fsp3) is 0.118. The Morgan fingerprint density at radius 1 is 1.12 bits per heavy atom. The molecule has 120 valence electrons. The first-order valence-electron chi connectivity index (χ1n) is 7.46. The van der Waals surface area contributed by atoms with Gasteiger partial charge in [0.05, 0.1) is 7.11 Å². The summed E-state index contributed by atoms with van der Waals surface area (Å²) in [7, 11) is 1.67. The topological polar surface area (TPSA) is 64.3 Å². The molecule has 1 N–H and O–H groups in total. The van der Waals surface area contributed by atoms with Crippen LogP contribution in [0.3, 0.4) is 0 Å². The summed E-state index contributed by atoms with van der Waals surface area (Å²) in [6, 6.07) is 13.7. The second-order valence-corrected chi connectivity index (χ2v) is 5.97. The molecule has 7 heteroatoms. The molecule has 0 saturated carbocycles. The van der Waals surface area contributed by atoms with Gasteiger partial charge in [0.2, 0.25) is 0 Å². The van der Waals surface area contributed by atoms with E-state index in [4.69, 9.17) is 4.74 Å². The lowest BCUT2D eigenvalue weighted by molar-refractivity contribution is 0.410. The van der Waals surface area contributed by atoms with Gasteiger partial charge in [0.15, 0.2) is 11.5 Å². The van der Waals surface area contributed by atoms with Gasteiger partial charge in [-0.1, -0.05) is 18.2 Å². The maximum Gasteiger partial charge on any atom is 0.186 e. The third-order valence-electron chi connectivity index (χ3n) is 3.69. The van der Waals surface area contributed by atoms with Gasteiger partial charge in [0, 0.05) is 23.1 Å². The predicted molar refractivity (Wildman–Crippen MR) is 94.4 cm³/mol. The molecule has 0 aliphatic carbocycles. The molecule has 0 spiro atoms. The lowest BCUT2D eigenvalue weighted by Crippen LogP contribution is -2.05.